The maximum atomic E-state index is 5.45. The summed E-state index contributed by atoms with van der Waals surface area (Å²) in [6, 6.07) is 10.7. The van der Waals surface area contributed by atoms with Crippen LogP contribution in [0.3, 0.4) is 0 Å². The molecule has 0 spiro atoms. The number of anilines is 3. The molecule has 0 saturated heterocycles. The van der Waals surface area contributed by atoms with Crippen molar-refractivity contribution in [1.82, 2.24) is 15.3 Å². The SMILES string of the molecule is CN(C)c1ccnc(N[C@H]2CC[C@@H](NC(=S)Nc3ccc(Br)cc3)CC2)n1. The molecule has 0 unspecified atom stereocenters. The van der Waals surface area contributed by atoms with Crippen molar-refractivity contribution >= 4 is 50.7 Å². The third-order valence-electron chi connectivity index (χ3n) is 4.60. The smallest absolute Gasteiger partial charge is 0.224 e. The van der Waals surface area contributed by atoms with E-state index in [4.69, 9.17) is 12.2 Å². The van der Waals surface area contributed by atoms with Crippen molar-refractivity contribution < 1.29 is 0 Å². The molecular formula is C19H25BrN6S. The van der Waals surface area contributed by atoms with Crippen molar-refractivity contribution in [2.24, 2.45) is 0 Å². The second-order valence-electron chi connectivity index (χ2n) is 6.93. The van der Waals surface area contributed by atoms with Crippen LogP contribution in [0.25, 0.3) is 0 Å². The molecule has 1 aromatic heterocycles. The number of thiocarbonyl (C=S) groups is 1. The van der Waals surface area contributed by atoms with E-state index in [0.717, 1.165) is 41.7 Å². The molecule has 1 heterocycles. The highest BCUT2D eigenvalue weighted by molar-refractivity contribution is 9.10. The Morgan fingerprint density at radius 1 is 1.07 bits per heavy atom. The summed E-state index contributed by atoms with van der Waals surface area (Å²) in [5.74, 6) is 1.61. The lowest BCUT2D eigenvalue weighted by Gasteiger charge is -2.30. The Balaban J connectivity index is 1.44. The molecule has 144 valence electrons. The summed E-state index contributed by atoms with van der Waals surface area (Å²) in [7, 11) is 3.96. The number of aromatic nitrogens is 2. The molecular weight excluding hydrogens is 424 g/mol. The Bertz CT molecular complexity index is 759. The van der Waals surface area contributed by atoms with Gasteiger partial charge in [0.1, 0.15) is 5.82 Å². The van der Waals surface area contributed by atoms with Crippen LogP contribution in [0.2, 0.25) is 0 Å². The van der Waals surface area contributed by atoms with E-state index < -0.39 is 0 Å². The van der Waals surface area contributed by atoms with Crippen LogP contribution in [0.5, 0.6) is 0 Å². The van der Waals surface area contributed by atoms with Gasteiger partial charge in [0.05, 0.1) is 0 Å². The number of halogens is 1. The first-order chi connectivity index (χ1) is 13.0. The number of hydrogen-bond donors (Lipinski definition) is 3. The van der Waals surface area contributed by atoms with Crippen LogP contribution in [0.4, 0.5) is 17.5 Å². The molecule has 0 atom stereocenters. The molecule has 1 saturated carbocycles. The topological polar surface area (TPSA) is 65.1 Å². The molecule has 1 aliphatic carbocycles. The highest BCUT2D eigenvalue weighted by Crippen LogP contribution is 2.22. The highest BCUT2D eigenvalue weighted by Gasteiger charge is 2.22. The molecule has 8 heteroatoms. The van der Waals surface area contributed by atoms with Gasteiger partial charge < -0.3 is 20.9 Å². The molecule has 3 rings (SSSR count). The van der Waals surface area contributed by atoms with Crippen molar-refractivity contribution in [2.75, 3.05) is 29.6 Å². The molecule has 0 bridgehead atoms. The first kappa shape index (κ1) is 19.8. The molecule has 27 heavy (non-hydrogen) atoms. The Morgan fingerprint density at radius 2 is 1.74 bits per heavy atom. The largest absolute Gasteiger partial charge is 0.363 e. The van der Waals surface area contributed by atoms with Gasteiger partial charge in [-0.2, -0.15) is 4.98 Å². The second-order valence-corrected chi connectivity index (χ2v) is 8.26. The minimum absolute atomic E-state index is 0.396. The number of benzene rings is 1. The minimum atomic E-state index is 0.396. The predicted octanol–water partition coefficient (Wildman–Crippen LogP) is 4.01. The van der Waals surface area contributed by atoms with Gasteiger partial charge in [-0.25, -0.2) is 4.98 Å². The summed E-state index contributed by atoms with van der Waals surface area (Å²) in [5.41, 5.74) is 0.990. The van der Waals surface area contributed by atoms with E-state index in [-0.39, 0.29) is 0 Å². The molecule has 3 N–H and O–H groups in total. The molecule has 6 nitrogen and oxygen atoms in total. The van der Waals surface area contributed by atoms with Crippen molar-refractivity contribution in [1.29, 1.82) is 0 Å². The summed E-state index contributed by atoms with van der Waals surface area (Å²) >= 11 is 8.89. The number of nitrogens with one attached hydrogen (secondary N) is 3. The maximum Gasteiger partial charge on any atom is 0.224 e. The average molecular weight is 449 g/mol. The molecule has 1 aromatic carbocycles. The van der Waals surface area contributed by atoms with E-state index in [2.05, 4.69) is 41.8 Å². The van der Waals surface area contributed by atoms with Crippen LogP contribution in [0.1, 0.15) is 25.7 Å². The summed E-state index contributed by atoms with van der Waals surface area (Å²) in [6.45, 7) is 0. The Labute approximate surface area is 174 Å². The lowest BCUT2D eigenvalue weighted by Crippen LogP contribution is -2.42. The van der Waals surface area contributed by atoms with Crippen LogP contribution >= 0.6 is 28.1 Å². The number of hydrogen-bond acceptors (Lipinski definition) is 5. The monoisotopic (exact) mass is 448 g/mol. The second kappa shape index (κ2) is 9.32. The van der Waals surface area contributed by atoms with Crippen molar-refractivity contribution in [3.63, 3.8) is 0 Å². The van der Waals surface area contributed by atoms with E-state index in [9.17, 15) is 0 Å². The van der Waals surface area contributed by atoms with Crippen LogP contribution < -0.4 is 20.9 Å². The fourth-order valence-corrected chi connectivity index (χ4v) is 3.67. The van der Waals surface area contributed by atoms with E-state index in [1.165, 1.54) is 0 Å². The van der Waals surface area contributed by atoms with Gasteiger partial charge in [-0.1, -0.05) is 15.9 Å². The summed E-state index contributed by atoms with van der Waals surface area (Å²) < 4.78 is 1.05. The summed E-state index contributed by atoms with van der Waals surface area (Å²) in [5, 5.41) is 10.8. The third-order valence-corrected chi connectivity index (χ3v) is 5.35. The van der Waals surface area contributed by atoms with Gasteiger partial charge in [-0.15, -0.1) is 0 Å². The fourth-order valence-electron chi connectivity index (χ4n) is 3.12. The highest BCUT2D eigenvalue weighted by atomic mass is 79.9. The van der Waals surface area contributed by atoms with E-state index in [1.807, 2.05) is 49.3 Å². The van der Waals surface area contributed by atoms with Gasteiger partial charge in [-0.05, 0) is 68.2 Å². The number of rotatable bonds is 5. The molecule has 1 aliphatic rings. The van der Waals surface area contributed by atoms with E-state index in [0.29, 0.717) is 23.1 Å². The van der Waals surface area contributed by atoms with Crippen LogP contribution in [-0.4, -0.2) is 41.3 Å². The third kappa shape index (κ3) is 6.04. The average Bonchev–Trinajstić information content (AvgIpc) is 2.65. The minimum Gasteiger partial charge on any atom is -0.363 e. The lowest BCUT2D eigenvalue weighted by atomic mass is 9.91. The first-order valence-electron chi connectivity index (χ1n) is 9.09. The first-order valence-corrected chi connectivity index (χ1v) is 10.3. The number of nitrogens with zero attached hydrogens (tertiary/aromatic N) is 3. The van der Waals surface area contributed by atoms with Crippen LogP contribution in [0, 0.1) is 0 Å². The van der Waals surface area contributed by atoms with Gasteiger partial charge >= 0.3 is 0 Å². The van der Waals surface area contributed by atoms with Gasteiger partial charge in [0, 0.05) is 42.5 Å². The Hall–Kier alpha value is -1.93. The molecule has 2 aromatic rings. The van der Waals surface area contributed by atoms with E-state index >= 15 is 0 Å². The molecule has 0 amide bonds. The zero-order valence-corrected chi connectivity index (χ0v) is 18.0. The zero-order chi connectivity index (χ0) is 19.2. The molecule has 0 radical (unpaired) electrons. The fraction of sp³-hybridized carbons (Fsp3) is 0.421. The zero-order valence-electron chi connectivity index (χ0n) is 15.6. The van der Waals surface area contributed by atoms with Gasteiger partial charge in [0.25, 0.3) is 0 Å². The Kier molecular flexibility index (Phi) is 6.84. The van der Waals surface area contributed by atoms with Crippen LogP contribution in [0.15, 0.2) is 41.0 Å². The van der Waals surface area contributed by atoms with Gasteiger partial charge in [0.15, 0.2) is 5.11 Å². The lowest BCUT2D eigenvalue weighted by molar-refractivity contribution is 0.387. The van der Waals surface area contributed by atoms with Crippen molar-refractivity contribution in [3.8, 4) is 0 Å². The maximum absolute atomic E-state index is 5.45. The predicted molar refractivity (Wildman–Crippen MR) is 120 cm³/mol. The molecule has 1 fully saturated rings. The van der Waals surface area contributed by atoms with Crippen LogP contribution in [-0.2, 0) is 0 Å². The standard InChI is InChI=1S/C19H25BrN6S/c1-26(2)17-11-12-21-18(25-17)22-14-7-9-16(10-8-14)24-19(27)23-15-5-3-13(20)4-6-15/h3-6,11-12,14,16H,7-10H2,1-2H3,(H,21,22,25)(H2,23,24,27)/t14-,16+. The van der Waals surface area contributed by atoms with Crippen molar-refractivity contribution in [3.05, 3.63) is 41.0 Å². The Morgan fingerprint density at radius 3 is 2.41 bits per heavy atom. The normalized spacial score (nSPS) is 19.2. The quantitative estimate of drug-likeness (QED) is 0.596. The van der Waals surface area contributed by atoms with Gasteiger partial charge in [0.2, 0.25) is 5.95 Å². The van der Waals surface area contributed by atoms with Crippen molar-refractivity contribution in [2.45, 2.75) is 37.8 Å². The van der Waals surface area contributed by atoms with Gasteiger partial charge in [-0.3, -0.25) is 0 Å². The summed E-state index contributed by atoms with van der Waals surface area (Å²) in [6.07, 6.45) is 6.05. The van der Waals surface area contributed by atoms with E-state index in [1.54, 1.807) is 6.20 Å². The summed E-state index contributed by atoms with van der Waals surface area (Å²) in [4.78, 5) is 10.9. The molecule has 0 aliphatic heterocycles.